The van der Waals surface area contributed by atoms with Crippen molar-refractivity contribution in [2.24, 2.45) is 5.92 Å². The molecule has 0 aliphatic heterocycles. The van der Waals surface area contributed by atoms with Gasteiger partial charge in [-0.15, -0.1) is 0 Å². The number of amides is 1. The second-order valence-electron chi connectivity index (χ2n) is 7.65. The van der Waals surface area contributed by atoms with E-state index in [1.54, 1.807) is 12.3 Å². The van der Waals surface area contributed by atoms with Gasteiger partial charge in [0, 0.05) is 31.3 Å². The molecule has 2 aromatic heterocycles. The number of nitrogens with zero attached hydrogens (tertiary/aromatic N) is 2. The number of aromatic nitrogens is 2. The topological polar surface area (TPSA) is 46.4 Å². The summed E-state index contributed by atoms with van der Waals surface area (Å²) in [6.07, 6.45) is -0.952. The zero-order valence-electron chi connectivity index (χ0n) is 16.6. The number of carbonyl (C=O) groups is 1. The zero-order chi connectivity index (χ0) is 21.2. The summed E-state index contributed by atoms with van der Waals surface area (Å²) in [6.45, 7) is 6.40. The molecule has 0 radical (unpaired) electrons. The molecule has 154 valence electrons. The highest BCUT2D eigenvalue weighted by Crippen LogP contribution is 2.34. The maximum Gasteiger partial charge on any atom is 0.416 e. The molecule has 0 saturated carbocycles. The molecule has 2 heterocycles. The smallest absolute Gasteiger partial charge is 0.356 e. The molecule has 1 N–H and O–H groups in total. The summed E-state index contributed by atoms with van der Waals surface area (Å²) in [5, 5.41) is 2.86. The van der Waals surface area contributed by atoms with Gasteiger partial charge in [-0.3, -0.25) is 4.79 Å². The van der Waals surface area contributed by atoms with E-state index in [1.165, 1.54) is 6.07 Å². The SMILES string of the molecule is Cc1cccn2c(C(CC(=O)NCC(C)C)c3cccc(C(F)(F)F)c3)cnc12. The van der Waals surface area contributed by atoms with Crippen LogP contribution in [0.3, 0.4) is 0 Å². The van der Waals surface area contributed by atoms with Crippen LogP contribution < -0.4 is 5.32 Å². The number of hydrogen-bond donors (Lipinski definition) is 1. The Balaban J connectivity index is 2.05. The second-order valence-corrected chi connectivity index (χ2v) is 7.65. The molecule has 1 atom stereocenters. The van der Waals surface area contributed by atoms with Crippen molar-refractivity contribution in [3.8, 4) is 0 Å². The van der Waals surface area contributed by atoms with Crippen molar-refractivity contribution < 1.29 is 18.0 Å². The Morgan fingerprint density at radius 1 is 1.21 bits per heavy atom. The van der Waals surface area contributed by atoms with E-state index >= 15 is 0 Å². The number of nitrogens with one attached hydrogen (secondary N) is 1. The number of hydrogen-bond acceptors (Lipinski definition) is 2. The number of halogens is 3. The predicted molar refractivity (Wildman–Crippen MR) is 106 cm³/mol. The van der Waals surface area contributed by atoms with Crippen LogP contribution in [-0.2, 0) is 11.0 Å². The number of rotatable bonds is 6. The molecule has 0 aliphatic rings. The molecular formula is C22H24F3N3O. The summed E-state index contributed by atoms with van der Waals surface area (Å²) in [4.78, 5) is 17.0. The first-order chi connectivity index (χ1) is 13.7. The largest absolute Gasteiger partial charge is 0.416 e. The van der Waals surface area contributed by atoms with Crippen LogP contribution in [0.25, 0.3) is 5.65 Å². The molecule has 1 amide bonds. The third kappa shape index (κ3) is 4.78. The summed E-state index contributed by atoms with van der Waals surface area (Å²) in [7, 11) is 0. The van der Waals surface area contributed by atoms with E-state index in [4.69, 9.17) is 0 Å². The normalized spacial score (nSPS) is 13.1. The Bertz CT molecular complexity index is 1010. The first kappa shape index (κ1) is 20.9. The van der Waals surface area contributed by atoms with Crippen LogP contribution in [0.5, 0.6) is 0 Å². The number of carbonyl (C=O) groups excluding carboxylic acids is 1. The van der Waals surface area contributed by atoms with Crippen molar-refractivity contribution in [2.45, 2.75) is 39.3 Å². The standard InChI is InChI=1S/C22H24F3N3O/c1-14(2)12-26-20(29)11-18(16-7-4-8-17(10-16)22(23,24)25)19-13-27-21-15(3)6-5-9-28(19)21/h4-10,13-14,18H,11-12H2,1-3H3,(H,26,29). The van der Waals surface area contributed by atoms with Crippen molar-refractivity contribution in [3.05, 3.63) is 71.2 Å². The monoisotopic (exact) mass is 403 g/mol. The average molecular weight is 403 g/mol. The Morgan fingerprint density at radius 3 is 2.66 bits per heavy atom. The van der Waals surface area contributed by atoms with E-state index in [9.17, 15) is 18.0 Å². The molecule has 0 spiro atoms. The van der Waals surface area contributed by atoms with Crippen molar-refractivity contribution >= 4 is 11.6 Å². The number of fused-ring (bicyclic) bond motifs is 1. The Labute approximate surface area is 167 Å². The number of aryl methyl sites for hydroxylation is 1. The lowest BCUT2D eigenvalue weighted by Crippen LogP contribution is -2.29. The minimum absolute atomic E-state index is 0.0375. The molecule has 1 unspecified atom stereocenters. The van der Waals surface area contributed by atoms with Gasteiger partial charge in [-0.25, -0.2) is 4.98 Å². The molecule has 3 aromatic rings. The summed E-state index contributed by atoms with van der Waals surface area (Å²) >= 11 is 0. The molecular weight excluding hydrogens is 379 g/mol. The molecule has 1 aromatic carbocycles. The van der Waals surface area contributed by atoms with Gasteiger partial charge in [-0.2, -0.15) is 13.2 Å². The van der Waals surface area contributed by atoms with Crippen molar-refractivity contribution in [3.63, 3.8) is 0 Å². The molecule has 29 heavy (non-hydrogen) atoms. The van der Waals surface area contributed by atoms with Crippen LogP contribution in [0.2, 0.25) is 0 Å². The lowest BCUT2D eigenvalue weighted by atomic mass is 9.91. The van der Waals surface area contributed by atoms with Gasteiger partial charge < -0.3 is 9.72 Å². The summed E-state index contributed by atoms with van der Waals surface area (Å²) in [5.74, 6) is -0.477. The van der Waals surface area contributed by atoms with Crippen LogP contribution in [0, 0.1) is 12.8 Å². The van der Waals surface area contributed by atoms with E-state index in [0.717, 1.165) is 23.3 Å². The molecule has 0 bridgehead atoms. The van der Waals surface area contributed by atoms with Gasteiger partial charge in [0.25, 0.3) is 0 Å². The van der Waals surface area contributed by atoms with Crippen molar-refractivity contribution in [1.29, 1.82) is 0 Å². The Hall–Kier alpha value is -2.83. The molecule has 7 heteroatoms. The van der Waals surface area contributed by atoms with Crippen molar-refractivity contribution in [1.82, 2.24) is 14.7 Å². The van der Waals surface area contributed by atoms with Gasteiger partial charge in [0.05, 0.1) is 11.3 Å². The highest BCUT2D eigenvalue weighted by molar-refractivity contribution is 5.77. The van der Waals surface area contributed by atoms with E-state index in [-0.39, 0.29) is 18.2 Å². The van der Waals surface area contributed by atoms with Gasteiger partial charge in [0.2, 0.25) is 5.91 Å². The van der Waals surface area contributed by atoms with E-state index in [2.05, 4.69) is 10.3 Å². The second kappa shape index (κ2) is 8.27. The van der Waals surface area contributed by atoms with E-state index in [1.807, 2.05) is 43.5 Å². The van der Waals surface area contributed by atoms with E-state index in [0.29, 0.717) is 17.8 Å². The predicted octanol–water partition coefficient (Wildman–Crippen LogP) is 4.96. The van der Waals surface area contributed by atoms with Gasteiger partial charge in [0.15, 0.2) is 0 Å². The summed E-state index contributed by atoms with van der Waals surface area (Å²) < 4.78 is 41.6. The van der Waals surface area contributed by atoms with Crippen LogP contribution in [-0.4, -0.2) is 21.8 Å². The first-order valence-electron chi connectivity index (χ1n) is 9.53. The van der Waals surface area contributed by atoms with Crippen LogP contribution >= 0.6 is 0 Å². The number of benzene rings is 1. The fraction of sp³-hybridized carbons (Fsp3) is 0.364. The van der Waals surface area contributed by atoms with E-state index < -0.39 is 17.7 Å². The quantitative estimate of drug-likeness (QED) is 0.633. The molecule has 0 saturated heterocycles. The highest BCUT2D eigenvalue weighted by atomic mass is 19.4. The fourth-order valence-electron chi connectivity index (χ4n) is 3.33. The van der Waals surface area contributed by atoms with Gasteiger partial charge in [-0.05, 0) is 36.1 Å². The maximum absolute atomic E-state index is 13.3. The lowest BCUT2D eigenvalue weighted by molar-refractivity contribution is -0.137. The molecule has 3 rings (SSSR count). The third-order valence-corrected chi connectivity index (χ3v) is 4.83. The van der Waals surface area contributed by atoms with Crippen LogP contribution in [0.1, 0.15) is 48.6 Å². The van der Waals surface area contributed by atoms with Gasteiger partial charge >= 0.3 is 6.18 Å². The summed E-state index contributed by atoms with van der Waals surface area (Å²) in [5.41, 5.74) is 2.06. The Morgan fingerprint density at radius 2 is 1.97 bits per heavy atom. The zero-order valence-corrected chi connectivity index (χ0v) is 16.6. The maximum atomic E-state index is 13.3. The van der Waals surface area contributed by atoms with Crippen molar-refractivity contribution in [2.75, 3.05) is 6.54 Å². The first-order valence-corrected chi connectivity index (χ1v) is 9.53. The van der Waals surface area contributed by atoms with Crippen LogP contribution in [0.4, 0.5) is 13.2 Å². The molecule has 0 aliphatic carbocycles. The van der Waals surface area contributed by atoms with Gasteiger partial charge in [0.1, 0.15) is 5.65 Å². The minimum Gasteiger partial charge on any atom is -0.356 e. The average Bonchev–Trinajstić information content (AvgIpc) is 3.09. The van der Waals surface area contributed by atoms with Gasteiger partial charge in [-0.1, -0.05) is 38.1 Å². The molecule has 0 fully saturated rings. The number of alkyl halides is 3. The lowest BCUT2D eigenvalue weighted by Gasteiger charge is -2.19. The molecule has 4 nitrogen and oxygen atoms in total. The van der Waals surface area contributed by atoms with Crippen LogP contribution in [0.15, 0.2) is 48.8 Å². The number of pyridine rings is 1. The third-order valence-electron chi connectivity index (χ3n) is 4.83. The fourth-order valence-corrected chi connectivity index (χ4v) is 3.33. The minimum atomic E-state index is -4.45. The summed E-state index contributed by atoms with van der Waals surface area (Å²) in [6, 6.07) is 8.94. The number of imidazole rings is 1. The highest BCUT2D eigenvalue weighted by Gasteiger charge is 2.32. The Kier molecular flexibility index (Phi) is 5.96.